The molecule has 0 aromatic heterocycles. The lowest BCUT2D eigenvalue weighted by molar-refractivity contribution is -0.384. The number of non-ortho nitro benzene ring substituents is 1. The molecule has 0 fully saturated rings. The first kappa shape index (κ1) is 15.1. The van der Waals surface area contributed by atoms with Crippen molar-refractivity contribution in [1.29, 1.82) is 0 Å². The van der Waals surface area contributed by atoms with Crippen LogP contribution in [0.4, 0.5) is 5.69 Å². The summed E-state index contributed by atoms with van der Waals surface area (Å²) in [6, 6.07) is 6.03. The molecule has 0 bridgehead atoms. The number of carbonyl (C=O) groups excluding carboxylic acids is 1. The molecule has 6 nitrogen and oxygen atoms in total. The van der Waals surface area contributed by atoms with Gasteiger partial charge < -0.3 is 10.4 Å². The third-order valence-electron chi connectivity index (χ3n) is 2.69. The highest BCUT2D eigenvalue weighted by atomic mass is 16.6. The Labute approximate surface area is 111 Å². The Balaban J connectivity index is 2.52. The molecule has 0 heterocycles. The number of rotatable bonds is 7. The van der Waals surface area contributed by atoms with Gasteiger partial charge in [0.25, 0.3) is 5.69 Å². The van der Waals surface area contributed by atoms with Gasteiger partial charge in [-0.05, 0) is 25.3 Å². The maximum Gasteiger partial charge on any atom is 0.269 e. The second kappa shape index (κ2) is 7.48. The summed E-state index contributed by atoms with van der Waals surface area (Å²) in [5.41, 5.74) is 0.597. The summed E-state index contributed by atoms with van der Waals surface area (Å²) < 4.78 is 0. The van der Waals surface area contributed by atoms with Crippen LogP contribution in [0, 0.1) is 10.1 Å². The Bertz CT molecular complexity index is 448. The monoisotopic (exact) mass is 266 g/mol. The van der Waals surface area contributed by atoms with Crippen LogP contribution >= 0.6 is 0 Å². The number of hydrogen-bond donors (Lipinski definition) is 2. The van der Waals surface area contributed by atoms with Gasteiger partial charge in [0.2, 0.25) is 5.91 Å². The average molecular weight is 266 g/mol. The van der Waals surface area contributed by atoms with E-state index >= 15 is 0 Å². The van der Waals surface area contributed by atoms with Crippen LogP contribution in [0.2, 0.25) is 0 Å². The molecular weight excluding hydrogens is 248 g/mol. The van der Waals surface area contributed by atoms with Gasteiger partial charge in [0.1, 0.15) is 0 Å². The van der Waals surface area contributed by atoms with E-state index in [0.717, 1.165) is 0 Å². The van der Waals surface area contributed by atoms with Crippen LogP contribution in [0.5, 0.6) is 0 Å². The Hall–Kier alpha value is -1.95. The maximum atomic E-state index is 11.7. The van der Waals surface area contributed by atoms with Gasteiger partial charge in [-0.2, -0.15) is 0 Å². The van der Waals surface area contributed by atoms with Crippen LogP contribution in [0.25, 0.3) is 0 Å². The van der Waals surface area contributed by atoms with Gasteiger partial charge in [-0.1, -0.05) is 12.1 Å². The molecule has 6 heteroatoms. The van der Waals surface area contributed by atoms with Crippen LogP contribution in [0.1, 0.15) is 25.3 Å². The second-order valence-electron chi connectivity index (χ2n) is 4.44. The minimum atomic E-state index is -0.481. The zero-order chi connectivity index (χ0) is 14.3. The molecule has 1 unspecified atom stereocenters. The Morgan fingerprint density at radius 2 is 2.26 bits per heavy atom. The van der Waals surface area contributed by atoms with Gasteiger partial charge in [-0.15, -0.1) is 0 Å². The molecule has 2 N–H and O–H groups in total. The first-order valence-corrected chi connectivity index (χ1v) is 6.16. The smallest absolute Gasteiger partial charge is 0.269 e. The summed E-state index contributed by atoms with van der Waals surface area (Å²) in [5, 5.41) is 22.1. The summed E-state index contributed by atoms with van der Waals surface area (Å²) in [7, 11) is 0. The number of nitrogens with one attached hydrogen (secondary N) is 1. The lowest BCUT2D eigenvalue weighted by Crippen LogP contribution is -2.33. The molecule has 0 spiro atoms. The normalized spacial score (nSPS) is 11.9. The molecule has 0 saturated heterocycles. The van der Waals surface area contributed by atoms with Crippen molar-refractivity contribution in [3.63, 3.8) is 0 Å². The van der Waals surface area contributed by atoms with Gasteiger partial charge in [-0.25, -0.2) is 0 Å². The molecule has 1 atom stereocenters. The van der Waals surface area contributed by atoms with E-state index in [9.17, 15) is 14.9 Å². The van der Waals surface area contributed by atoms with Crippen LogP contribution < -0.4 is 5.32 Å². The Morgan fingerprint density at radius 3 is 2.89 bits per heavy atom. The highest BCUT2D eigenvalue weighted by molar-refractivity contribution is 5.79. The number of nitro groups is 1. The van der Waals surface area contributed by atoms with Crippen molar-refractivity contribution in [2.75, 3.05) is 6.61 Å². The second-order valence-corrected chi connectivity index (χ2v) is 4.44. The van der Waals surface area contributed by atoms with Crippen molar-refractivity contribution in [1.82, 2.24) is 5.32 Å². The van der Waals surface area contributed by atoms with E-state index in [4.69, 9.17) is 5.11 Å². The number of hydrogen-bond acceptors (Lipinski definition) is 4. The summed E-state index contributed by atoms with van der Waals surface area (Å²) in [6.07, 6.45) is 1.46. The summed E-state index contributed by atoms with van der Waals surface area (Å²) >= 11 is 0. The fraction of sp³-hybridized carbons (Fsp3) is 0.462. The number of amides is 1. The number of carbonyl (C=O) groups is 1. The fourth-order valence-corrected chi connectivity index (χ4v) is 1.76. The zero-order valence-corrected chi connectivity index (χ0v) is 10.8. The SMILES string of the molecule is CC(CCCO)NC(=O)Cc1cccc([N+](=O)[O-])c1. The molecule has 1 amide bonds. The van der Waals surface area contributed by atoms with Gasteiger partial charge in [0.15, 0.2) is 0 Å². The van der Waals surface area contributed by atoms with Crippen LogP contribution in [0.3, 0.4) is 0 Å². The number of aliphatic hydroxyl groups is 1. The predicted octanol–water partition coefficient (Wildman–Crippen LogP) is 1.41. The van der Waals surface area contributed by atoms with Gasteiger partial charge in [0, 0.05) is 24.8 Å². The third kappa shape index (κ3) is 5.48. The molecule has 1 rings (SSSR count). The van der Waals surface area contributed by atoms with Crippen molar-refractivity contribution in [2.45, 2.75) is 32.2 Å². The van der Waals surface area contributed by atoms with Crippen LogP contribution in [-0.4, -0.2) is 28.6 Å². The van der Waals surface area contributed by atoms with E-state index in [1.807, 2.05) is 6.92 Å². The van der Waals surface area contributed by atoms with Crippen molar-refractivity contribution < 1.29 is 14.8 Å². The number of benzene rings is 1. The summed E-state index contributed by atoms with van der Waals surface area (Å²) in [6.45, 7) is 1.96. The molecular formula is C13H18N2O4. The molecule has 0 aliphatic heterocycles. The average Bonchev–Trinajstić information content (AvgIpc) is 2.36. The Kier molecular flexibility index (Phi) is 5.95. The zero-order valence-electron chi connectivity index (χ0n) is 10.8. The fourth-order valence-electron chi connectivity index (χ4n) is 1.76. The first-order valence-electron chi connectivity index (χ1n) is 6.16. The van der Waals surface area contributed by atoms with Gasteiger partial charge in [0.05, 0.1) is 11.3 Å². The molecule has 1 aromatic rings. The molecule has 0 radical (unpaired) electrons. The molecule has 1 aromatic carbocycles. The van der Waals surface area contributed by atoms with Crippen LogP contribution in [-0.2, 0) is 11.2 Å². The molecule has 0 aliphatic rings. The third-order valence-corrected chi connectivity index (χ3v) is 2.69. The summed E-state index contributed by atoms with van der Waals surface area (Å²) in [4.78, 5) is 21.9. The van der Waals surface area contributed by atoms with Gasteiger partial charge >= 0.3 is 0 Å². The van der Waals surface area contributed by atoms with E-state index in [1.54, 1.807) is 12.1 Å². The largest absolute Gasteiger partial charge is 0.396 e. The highest BCUT2D eigenvalue weighted by Crippen LogP contribution is 2.13. The quantitative estimate of drug-likeness (QED) is 0.576. The van der Waals surface area contributed by atoms with E-state index in [2.05, 4.69) is 5.32 Å². The predicted molar refractivity (Wildman–Crippen MR) is 70.7 cm³/mol. The first-order chi connectivity index (χ1) is 9.02. The van der Waals surface area contributed by atoms with E-state index < -0.39 is 4.92 Å². The molecule has 104 valence electrons. The van der Waals surface area contributed by atoms with Crippen LogP contribution in [0.15, 0.2) is 24.3 Å². The number of nitrogens with zero attached hydrogens (tertiary/aromatic N) is 1. The number of aliphatic hydroxyl groups excluding tert-OH is 1. The van der Waals surface area contributed by atoms with Crippen molar-refractivity contribution >= 4 is 11.6 Å². The van der Waals surface area contributed by atoms with Crippen molar-refractivity contribution in [2.24, 2.45) is 0 Å². The topological polar surface area (TPSA) is 92.5 Å². The van der Waals surface area contributed by atoms with E-state index in [1.165, 1.54) is 12.1 Å². The minimum Gasteiger partial charge on any atom is -0.396 e. The van der Waals surface area contributed by atoms with Crippen molar-refractivity contribution in [3.8, 4) is 0 Å². The lowest BCUT2D eigenvalue weighted by Gasteiger charge is -2.13. The Morgan fingerprint density at radius 1 is 1.53 bits per heavy atom. The highest BCUT2D eigenvalue weighted by Gasteiger charge is 2.10. The molecule has 19 heavy (non-hydrogen) atoms. The lowest BCUT2D eigenvalue weighted by atomic mass is 10.1. The van der Waals surface area contributed by atoms with E-state index in [-0.39, 0.29) is 30.7 Å². The number of nitro benzene ring substituents is 1. The van der Waals surface area contributed by atoms with Gasteiger partial charge in [-0.3, -0.25) is 14.9 Å². The van der Waals surface area contributed by atoms with E-state index in [0.29, 0.717) is 18.4 Å². The minimum absolute atomic E-state index is 0.0152. The molecule has 0 aliphatic carbocycles. The standard InChI is InChI=1S/C13H18N2O4/c1-10(4-3-7-16)14-13(17)9-11-5-2-6-12(8-11)15(18)19/h2,5-6,8,10,16H,3-4,7,9H2,1H3,(H,14,17). The van der Waals surface area contributed by atoms with Crippen molar-refractivity contribution in [3.05, 3.63) is 39.9 Å². The maximum absolute atomic E-state index is 11.7. The molecule has 0 saturated carbocycles. The summed E-state index contributed by atoms with van der Waals surface area (Å²) in [5.74, 6) is -0.175.